The number of carbonyl (C=O) groups excluding carboxylic acids is 1. The average Bonchev–Trinajstić information content (AvgIpc) is 3.55. The van der Waals surface area contributed by atoms with Gasteiger partial charge in [-0.05, 0) is 42.3 Å². The molecular weight excluding hydrogens is 420 g/mol. The Kier molecular flexibility index (Phi) is 5.80. The van der Waals surface area contributed by atoms with Gasteiger partial charge in [-0.1, -0.05) is 0 Å². The summed E-state index contributed by atoms with van der Waals surface area (Å²) in [6.45, 7) is 2.47. The molecular formula is C25H24N4O4. The summed E-state index contributed by atoms with van der Waals surface area (Å²) < 4.78 is 16.8. The number of amides is 1. The van der Waals surface area contributed by atoms with Gasteiger partial charge in [-0.25, -0.2) is 4.98 Å². The molecule has 2 atom stereocenters. The van der Waals surface area contributed by atoms with E-state index < -0.39 is 0 Å². The number of aromatic nitrogens is 2. The summed E-state index contributed by atoms with van der Waals surface area (Å²) in [5.74, 6) is 1.17. The number of fused-ring (bicyclic) bond motifs is 1. The van der Waals surface area contributed by atoms with Crippen LogP contribution in [0, 0.1) is 17.2 Å². The number of likely N-dealkylation sites (tertiary alicyclic amines) is 1. The molecule has 0 radical (unpaired) electrons. The molecule has 8 heteroatoms. The van der Waals surface area contributed by atoms with Crippen molar-refractivity contribution in [3.8, 4) is 28.8 Å². The van der Waals surface area contributed by atoms with Crippen molar-refractivity contribution in [2.45, 2.75) is 18.9 Å². The van der Waals surface area contributed by atoms with Crippen molar-refractivity contribution in [2.24, 2.45) is 5.92 Å². The lowest BCUT2D eigenvalue weighted by molar-refractivity contribution is -0.134. The fourth-order valence-corrected chi connectivity index (χ4v) is 4.50. The van der Waals surface area contributed by atoms with Crippen LogP contribution in [0.2, 0.25) is 0 Å². The zero-order valence-electron chi connectivity index (χ0n) is 18.4. The van der Waals surface area contributed by atoms with Gasteiger partial charge < -0.3 is 19.1 Å². The number of pyridine rings is 2. The molecule has 2 saturated heterocycles. The Morgan fingerprint density at radius 2 is 2.15 bits per heavy atom. The first-order valence-electron chi connectivity index (χ1n) is 11.0. The summed E-state index contributed by atoms with van der Waals surface area (Å²) in [5, 5.41) is 10.3. The number of carbonyl (C=O) groups is 1. The largest absolute Gasteiger partial charge is 0.488 e. The number of methoxy groups -OCH3 is 1. The number of nitrogens with zero attached hydrogens (tertiary/aromatic N) is 4. The standard InChI is InChI=1S/C25H24N4O4/c1-31-24-17(12-26)10-18(13-28-24)21-4-7-27-23-3-2-19(11-22(21)23)33-20-5-8-29(14-20)25(30)16-6-9-32-15-16/h2-4,7,10-11,13,16,20H,5-6,8-9,14-15H2,1H3/t16-,20+/m1/s1. The Labute approximate surface area is 191 Å². The van der Waals surface area contributed by atoms with E-state index in [-0.39, 0.29) is 17.9 Å². The second-order valence-corrected chi connectivity index (χ2v) is 8.30. The molecule has 3 aromatic rings. The molecule has 4 heterocycles. The van der Waals surface area contributed by atoms with Crippen LogP contribution < -0.4 is 9.47 Å². The predicted molar refractivity (Wildman–Crippen MR) is 121 cm³/mol. The maximum Gasteiger partial charge on any atom is 0.231 e. The van der Waals surface area contributed by atoms with Crippen molar-refractivity contribution in [3.63, 3.8) is 0 Å². The molecule has 0 aliphatic carbocycles. The second-order valence-electron chi connectivity index (χ2n) is 8.30. The highest BCUT2D eigenvalue weighted by Gasteiger charge is 2.33. The highest BCUT2D eigenvalue weighted by Crippen LogP contribution is 2.32. The van der Waals surface area contributed by atoms with Gasteiger partial charge in [0.1, 0.15) is 23.5 Å². The fourth-order valence-electron chi connectivity index (χ4n) is 4.50. The fraction of sp³-hybridized carbons (Fsp3) is 0.360. The van der Waals surface area contributed by atoms with Gasteiger partial charge in [0.2, 0.25) is 11.8 Å². The Bertz CT molecular complexity index is 1230. The number of nitriles is 1. The van der Waals surface area contributed by atoms with Crippen LogP contribution >= 0.6 is 0 Å². The summed E-state index contributed by atoms with van der Waals surface area (Å²) in [6, 6.07) is 11.6. The molecule has 33 heavy (non-hydrogen) atoms. The van der Waals surface area contributed by atoms with Crippen molar-refractivity contribution in [2.75, 3.05) is 33.4 Å². The van der Waals surface area contributed by atoms with E-state index in [0.29, 0.717) is 37.7 Å². The summed E-state index contributed by atoms with van der Waals surface area (Å²) >= 11 is 0. The molecule has 2 aromatic heterocycles. The SMILES string of the molecule is COc1ncc(-c2ccnc3ccc(O[C@H]4CCN(C(=O)[C@@H]5CCOC5)C4)cc23)cc1C#N. The van der Waals surface area contributed by atoms with Crippen LogP contribution in [0.1, 0.15) is 18.4 Å². The monoisotopic (exact) mass is 444 g/mol. The number of benzene rings is 1. The molecule has 0 saturated carbocycles. The minimum absolute atomic E-state index is 0.0190. The first kappa shape index (κ1) is 21.2. The Hall–Kier alpha value is -3.70. The third kappa shape index (κ3) is 4.20. The third-order valence-electron chi connectivity index (χ3n) is 6.23. The highest BCUT2D eigenvalue weighted by molar-refractivity contribution is 5.95. The number of hydrogen-bond donors (Lipinski definition) is 0. The van der Waals surface area contributed by atoms with E-state index in [1.165, 1.54) is 7.11 Å². The van der Waals surface area contributed by atoms with Gasteiger partial charge in [0.05, 0.1) is 31.7 Å². The van der Waals surface area contributed by atoms with Gasteiger partial charge in [0, 0.05) is 42.9 Å². The quantitative estimate of drug-likeness (QED) is 0.596. The third-order valence-corrected chi connectivity index (χ3v) is 6.23. The Balaban J connectivity index is 1.38. The molecule has 0 unspecified atom stereocenters. The zero-order chi connectivity index (χ0) is 22.8. The molecule has 0 N–H and O–H groups in total. The zero-order valence-corrected chi connectivity index (χ0v) is 18.4. The number of ether oxygens (including phenoxy) is 3. The second kappa shape index (κ2) is 9.04. The minimum Gasteiger partial charge on any atom is -0.488 e. The molecule has 2 aliphatic heterocycles. The van der Waals surface area contributed by atoms with Crippen molar-refractivity contribution in [1.29, 1.82) is 5.26 Å². The summed E-state index contributed by atoms with van der Waals surface area (Å²) in [5.41, 5.74) is 2.89. The van der Waals surface area contributed by atoms with Crippen LogP contribution in [0.3, 0.4) is 0 Å². The molecule has 8 nitrogen and oxygen atoms in total. The number of rotatable bonds is 5. The van der Waals surface area contributed by atoms with Crippen LogP contribution in [-0.2, 0) is 9.53 Å². The van der Waals surface area contributed by atoms with Gasteiger partial charge in [0.25, 0.3) is 0 Å². The topological polar surface area (TPSA) is 97.6 Å². The van der Waals surface area contributed by atoms with Crippen LogP contribution in [0.15, 0.2) is 42.7 Å². The van der Waals surface area contributed by atoms with E-state index in [1.54, 1.807) is 18.5 Å². The highest BCUT2D eigenvalue weighted by atomic mass is 16.5. The van der Waals surface area contributed by atoms with Crippen molar-refractivity contribution < 1.29 is 19.0 Å². The van der Waals surface area contributed by atoms with E-state index in [9.17, 15) is 10.1 Å². The molecule has 2 aliphatic rings. The van der Waals surface area contributed by atoms with E-state index in [2.05, 4.69) is 16.0 Å². The van der Waals surface area contributed by atoms with Crippen molar-refractivity contribution in [1.82, 2.24) is 14.9 Å². The predicted octanol–water partition coefficient (Wildman–Crippen LogP) is 3.19. The van der Waals surface area contributed by atoms with Gasteiger partial charge in [0.15, 0.2) is 0 Å². The number of hydrogen-bond acceptors (Lipinski definition) is 7. The molecule has 1 aromatic carbocycles. The smallest absolute Gasteiger partial charge is 0.231 e. The minimum atomic E-state index is -0.0540. The summed E-state index contributed by atoms with van der Waals surface area (Å²) in [6.07, 6.45) is 4.97. The molecule has 5 rings (SSSR count). The lowest BCUT2D eigenvalue weighted by Gasteiger charge is -2.20. The first-order valence-corrected chi connectivity index (χ1v) is 11.0. The molecule has 1 amide bonds. The first-order chi connectivity index (χ1) is 16.2. The maximum absolute atomic E-state index is 12.7. The van der Waals surface area contributed by atoms with Crippen LogP contribution in [0.25, 0.3) is 22.0 Å². The van der Waals surface area contributed by atoms with E-state index >= 15 is 0 Å². The van der Waals surface area contributed by atoms with Gasteiger partial charge >= 0.3 is 0 Å². The lowest BCUT2D eigenvalue weighted by Crippen LogP contribution is -2.36. The van der Waals surface area contributed by atoms with Crippen molar-refractivity contribution >= 4 is 16.8 Å². The normalized spacial score (nSPS) is 20.1. The molecule has 2 fully saturated rings. The Morgan fingerprint density at radius 1 is 1.24 bits per heavy atom. The van der Waals surface area contributed by atoms with E-state index in [0.717, 1.165) is 40.6 Å². The van der Waals surface area contributed by atoms with Gasteiger partial charge in [-0.15, -0.1) is 0 Å². The summed E-state index contributed by atoms with van der Waals surface area (Å²) in [7, 11) is 1.49. The van der Waals surface area contributed by atoms with E-state index in [4.69, 9.17) is 14.2 Å². The molecule has 168 valence electrons. The average molecular weight is 444 g/mol. The van der Waals surface area contributed by atoms with Crippen LogP contribution in [-0.4, -0.2) is 60.3 Å². The maximum atomic E-state index is 12.7. The van der Waals surface area contributed by atoms with E-state index in [1.807, 2.05) is 29.2 Å². The Morgan fingerprint density at radius 3 is 2.94 bits per heavy atom. The van der Waals surface area contributed by atoms with Crippen LogP contribution in [0.4, 0.5) is 0 Å². The van der Waals surface area contributed by atoms with Crippen molar-refractivity contribution in [3.05, 3.63) is 48.3 Å². The molecule has 0 bridgehead atoms. The lowest BCUT2D eigenvalue weighted by atomic mass is 10.0. The van der Waals surface area contributed by atoms with Gasteiger partial charge in [-0.3, -0.25) is 9.78 Å². The van der Waals surface area contributed by atoms with Gasteiger partial charge in [-0.2, -0.15) is 5.26 Å². The van der Waals surface area contributed by atoms with Crippen LogP contribution in [0.5, 0.6) is 11.6 Å². The molecule has 0 spiro atoms. The summed E-state index contributed by atoms with van der Waals surface area (Å²) in [4.78, 5) is 23.3.